The fourth-order valence-corrected chi connectivity index (χ4v) is 1.76. The summed E-state index contributed by atoms with van der Waals surface area (Å²) in [6.45, 7) is 4.19. The van der Waals surface area contributed by atoms with E-state index in [4.69, 9.17) is 11.6 Å². The summed E-state index contributed by atoms with van der Waals surface area (Å²) in [6.07, 6.45) is 0. The second kappa shape index (κ2) is 6.18. The predicted molar refractivity (Wildman–Crippen MR) is 66.4 cm³/mol. The molecule has 0 aliphatic rings. The third kappa shape index (κ3) is 3.74. The largest absolute Gasteiger partial charge is 0.318 e. The predicted octanol–water partition coefficient (Wildman–Crippen LogP) is 2.44. The quantitative estimate of drug-likeness (QED) is 0.856. The standard InChI is InChI=1S/C12H18ClFN2/c1-9-6-11(13)10(7-12(9)14)8-16(3)5-4-15-2/h6-7,15H,4-5,8H2,1-3H3. The van der Waals surface area contributed by atoms with Crippen LogP contribution in [0.5, 0.6) is 0 Å². The molecule has 0 bridgehead atoms. The van der Waals surface area contributed by atoms with Crippen molar-refractivity contribution in [3.63, 3.8) is 0 Å². The van der Waals surface area contributed by atoms with Crippen molar-refractivity contribution in [1.29, 1.82) is 0 Å². The lowest BCUT2D eigenvalue weighted by Gasteiger charge is -2.17. The van der Waals surface area contributed by atoms with Crippen LogP contribution in [0.1, 0.15) is 11.1 Å². The first kappa shape index (κ1) is 13.4. The van der Waals surface area contributed by atoms with Gasteiger partial charge in [0.05, 0.1) is 0 Å². The maximum absolute atomic E-state index is 13.4. The van der Waals surface area contributed by atoms with E-state index < -0.39 is 0 Å². The van der Waals surface area contributed by atoms with Crippen LogP contribution in [0.25, 0.3) is 0 Å². The molecule has 0 aromatic heterocycles. The first-order valence-corrected chi connectivity index (χ1v) is 5.70. The molecule has 0 saturated carbocycles. The molecule has 0 spiro atoms. The molecule has 0 atom stereocenters. The van der Waals surface area contributed by atoms with E-state index in [9.17, 15) is 4.39 Å². The molecule has 0 aliphatic heterocycles. The second-order valence-electron chi connectivity index (χ2n) is 4.03. The molecule has 90 valence electrons. The third-order valence-corrected chi connectivity index (χ3v) is 2.86. The Bertz CT molecular complexity index is 355. The molecule has 0 unspecified atom stereocenters. The van der Waals surface area contributed by atoms with Gasteiger partial charge in [-0.15, -0.1) is 0 Å². The molecule has 0 amide bonds. The van der Waals surface area contributed by atoms with Crippen molar-refractivity contribution in [2.24, 2.45) is 0 Å². The van der Waals surface area contributed by atoms with Crippen molar-refractivity contribution in [2.75, 3.05) is 27.2 Å². The maximum atomic E-state index is 13.4. The number of hydrogen-bond acceptors (Lipinski definition) is 2. The maximum Gasteiger partial charge on any atom is 0.126 e. The van der Waals surface area contributed by atoms with Gasteiger partial charge < -0.3 is 10.2 Å². The second-order valence-corrected chi connectivity index (χ2v) is 4.44. The van der Waals surface area contributed by atoms with E-state index in [1.54, 1.807) is 13.0 Å². The molecular formula is C12H18ClFN2. The summed E-state index contributed by atoms with van der Waals surface area (Å²) in [4.78, 5) is 2.10. The highest BCUT2D eigenvalue weighted by atomic mass is 35.5. The zero-order valence-corrected chi connectivity index (χ0v) is 10.7. The molecule has 0 fully saturated rings. The normalized spacial score (nSPS) is 11.1. The molecule has 0 saturated heterocycles. The van der Waals surface area contributed by atoms with Crippen LogP contribution in [0.15, 0.2) is 12.1 Å². The molecule has 4 heteroatoms. The number of aryl methyl sites for hydroxylation is 1. The van der Waals surface area contributed by atoms with E-state index in [1.165, 1.54) is 6.07 Å². The van der Waals surface area contributed by atoms with Crippen LogP contribution in [0.4, 0.5) is 4.39 Å². The van der Waals surface area contributed by atoms with Crippen molar-refractivity contribution in [3.05, 3.63) is 34.1 Å². The minimum Gasteiger partial charge on any atom is -0.318 e. The number of nitrogens with one attached hydrogen (secondary N) is 1. The van der Waals surface area contributed by atoms with Crippen LogP contribution in [-0.4, -0.2) is 32.1 Å². The number of halogens is 2. The molecule has 1 N–H and O–H groups in total. The van der Waals surface area contributed by atoms with Gasteiger partial charge in [-0.25, -0.2) is 4.39 Å². The summed E-state index contributed by atoms with van der Waals surface area (Å²) >= 11 is 6.07. The fourth-order valence-electron chi connectivity index (χ4n) is 1.48. The van der Waals surface area contributed by atoms with Gasteiger partial charge in [0.1, 0.15) is 5.82 Å². The van der Waals surface area contributed by atoms with E-state index in [2.05, 4.69) is 10.2 Å². The number of hydrogen-bond donors (Lipinski definition) is 1. The Kier molecular flexibility index (Phi) is 5.19. The lowest BCUT2D eigenvalue weighted by atomic mass is 10.1. The van der Waals surface area contributed by atoms with E-state index in [1.807, 2.05) is 14.1 Å². The Morgan fingerprint density at radius 1 is 1.44 bits per heavy atom. The molecular weight excluding hydrogens is 227 g/mol. The van der Waals surface area contributed by atoms with Gasteiger partial charge in [0.2, 0.25) is 0 Å². The average Bonchev–Trinajstić information content (AvgIpc) is 2.23. The van der Waals surface area contributed by atoms with Crippen molar-refractivity contribution < 1.29 is 4.39 Å². The monoisotopic (exact) mass is 244 g/mol. The van der Waals surface area contributed by atoms with Crippen LogP contribution >= 0.6 is 11.6 Å². The van der Waals surface area contributed by atoms with Crippen LogP contribution in [0, 0.1) is 12.7 Å². The smallest absolute Gasteiger partial charge is 0.126 e. The van der Waals surface area contributed by atoms with Crippen LogP contribution in [0.3, 0.4) is 0 Å². The minimum atomic E-state index is -0.193. The van der Waals surface area contributed by atoms with Crippen LogP contribution in [-0.2, 0) is 6.54 Å². The highest BCUT2D eigenvalue weighted by Crippen LogP contribution is 2.21. The first-order chi connectivity index (χ1) is 7.54. The summed E-state index contributed by atoms with van der Waals surface area (Å²) in [6, 6.07) is 3.20. The van der Waals surface area contributed by atoms with Crippen LogP contribution < -0.4 is 5.32 Å². The first-order valence-electron chi connectivity index (χ1n) is 5.32. The van der Waals surface area contributed by atoms with E-state index in [0.717, 1.165) is 18.7 Å². The lowest BCUT2D eigenvalue weighted by Crippen LogP contribution is -2.27. The van der Waals surface area contributed by atoms with Crippen molar-refractivity contribution >= 4 is 11.6 Å². The Morgan fingerprint density at radius 3 is 2.75 bits per heavy atom. The molecule has 2 nitrogen and oxygen atoms in total. The van der Waals surface area contributed by atoms with Crippen molar-refractivity contribution in [3.8, 4) is 0 Å². The number of likely N-dealkylation sites (N-methyl/N-ethyl adjacent to an activating group) is 2. The van der Waals surface area contributed by atoms with Gasteiger partial charge in [-0.3, -0.25) is 0 Å². The van der Waals surface area contributed by atoms with Gasteiger partial charge in [0, 0.05) is 24.7 Å². The summed E-state index contributed by atoms with van der Waals surface area (Å²) in [5.41, 5.74) is 1.43. The topological polar surface area (TPSA) is 15.3 Å². The average molecular weight is 245 g/mol. The summed E-state index contributed by atoms with van der Waals surface area (Å²) in [5, 5.41) is 3.71. The summed E-state index contributed by atoms with van der Waals surface area (Å²) in [7, 11) is 3.90. The lowest BCUT2D eigenvalue weighted by molar-refractivity contribution is 0.327. The highest BCUT2D eigenvalue weighted by molar-refractivity contribution is 6.31. The van der Waals surface area contributed by atoms with Crippen molar-refractivity contribution in [1.82, 2.24) is 10.2 Å². The van der Waals surface area contributed by atoms with Crippen LogP contribution in [0.2, 0.25) is 5.02 Å². The van der Waals surface area contributed by atoms with Gasteiger partial charge in [0.15, 0.2) is 0 Å². The van der Waals surface area contributed by atoms with E-state index in [-0.39, 0.29) is 5.82 Å². The van der Waals surface area contributed by atoms with Crippen molar-refractivity contribution in [2.45, 2.75) is 13.5 Å². The number of rotatable bonds is 5. The molecule has 1 aromatic rings. The molecule has 1 aromatic carbocycles. The fraction of sp³-hybridized carbons (Fsp3) is 0.500. The number of nitrogens with zero attached hydrogens (tertiary/aromatic N) is 1. The van der Waals surface area contributed by atoms with E-state index >= 15 is 0 Å². The van der Waals surface area contributed by atoms with Gasteiger partial charge in [-0.1, -0.05) is 11.6 Å². The van der Waals surface area contributed by atoms with E-state index in [0.29, 0.717) is 17.1 Å². The SMILES string of the molecule is CNCCN(C)Cc1cc(F)c(C)cc1Cl. The number of benzene rings is 1. The molecule has 16 heavy (non-hydrogen) atoms. The highest BCUT2D eigenvalue weighted by Gasteiger charge is 2.07. The van der Waals surface area contributed by atoms with Gasteiger partial charge >= 0.3 is 0 Å². The molecule has 1 rings (SSSR count). The zero-order chi connectivity index (χ0) is 12.1. The summed E-state index contributed by atoms with van der Waals surface area (Å²) in [5.74, 6) is -0.193. The Morgan fingerprint density at radius 2 is 2.12 bits per heavy atom. The van der Waals surface area contributed by atoms with Gasteiger partial charge in [-0.05, 0) is 44.3 Å². The van der Waals surface area contributed by atoms with Gasteiger partial charge in [-0.2, -0.15) is 0 Å². The van der Waals surface area contributed by atoms with Gasteiger partial charge in [0.25, 0.3) is 0 Å². The zero-order valence-electron chi connectivity index (χ0n) is 9.98. The third-order valence-electron chi connectivity index (χ3n) is 2.51. The Labute approximate surface area is 101 Å². The molecule has 0 aliphatic carbocycles. The Balaban J connectivity index is 2.69. The molecule has 0 radical (unpaired) electrons. The minimum absolute atomic E-state index is 0.193. The summed E-state index contributed by atoms with van der Waals surface area (Å²) < 4.78 is 13.4. The molecule has 0 heterocycles. The Hall–Kier alpha value is -0.640.